The molecule has 0 spiro atoms. The Morgan fingerprint density at radius 1 is 1.13 bits per heavy atom. The van der Waals surface area contributed by atoms with Crippen LogP contribution in [0.2, 0.25) is 0 Å². The molecule has 0 unspecified atom stereocenters. The van der Waals surface area contributed by atoms with Gasteiger partial charge in [0.25, 0.3) is 5.89 Å². The molecule has 0 fully saturated rings. The zero-order valence-electron chi connectivity index (χ0n) is 17.4. The number of rotatable bonds is 6. The molecule has 4 aromatic rings. The first kappa shape index (κ1) is 20.5. The van der Waals surface area contributed by atoms with E-state index in [0.29, 0.717) is 34.6 Å². The van der Waals surface area contributed by atoms with Crippen LogP contribution in [0.15, 0.2) is 53.1 Å². The van der Waals surface area contributed by atoms with Crippen LogP contribution in [0, 0.1) is 26.6 Å². The summed E-state index contributed by atoms with van der Waals surface area (Å²) in [7, 11) is 0. The quantitative estimate of drug-likeness (QED) is 0.430. The van der Waals surface area contributed by atoms with Gasteiger partial charge in [-0.25, -0.2) is 9.18 Å². The fraction of sp³-hybridized carbons (Fsp3) is 0.217. The molecule has 0 N–H and O–H groups in total. The number of carbonyl (C=O) groups is 1. The highest BCUT2D eigenvalue weighted by Gasteiger charge is 2.21. The second-order valence-corrected chi connectivity index (χ2v) is 7.24. The first-order valence-corrected chi connectivity index (χ1v) is 9.76. The molecular weight excluding hydrogens is 399 g/mol. The zero-order valence-corrected chi connectivity index (χ0v) is 17.4. The second-order valence-electron chi connectivity index (χ2n) is 7.24. The molecule has 0 saturated heterocycles. The van der Waals surface area contributed by atoms with Gasteiger partial charge in [0.05, 0.1) is 17.9 Å². The van der Waals surface area contributed by atoms with Gasteiger partial charge >= 0.3 is 5.97 Å². The SMILES string of the molecule is Cc1ccc(-c2noc(COC(=O)c3c(C)nn(Cc4ccccc4)c3C)n2)cc1F. The van der Waals surface area contributed by atoms with Crippen molar-refractivity contribution in [1.29, 1.82) is 0 Å². The number of benzene rings is 2. The van der Waals surface area contributed by atoms with Gasteiger partial charge in [-0.2, -0.15) is 10.1 Å². The normalized spacial score (nSPS) is 11.0. The van der Waals surface area contributed by atoms with Gasteiger partial charge in [-0.15, -0.1) is 0 Å². The monoisotopic (exact) mass is 420 g/mol. The van der Waals surface area contributed by atoms with Crippen LogP contribution in [0.3, 0.4) is 0 Å². The highest BCUT2D eigenvalue weighted by molar-refractivity contribution is 5.91. The molecule has 0 aliphatic rings. The van der Waals surface area contributed by atoms with Crippen LogP contribution in [-0.4, -0.2) is 25.9 Å². The van der Waals surface area contributed by atoms with Gasteiger partial charge in [-0.3, -0.25) is 4.68 Å². The van der Waals surface area contributed by atoms with Gasteiger partial charge in [-0.1, -0.05) is 47.6 Å². The fourth-order valence-electron chi connectivity index (χ4n) is 3.26. The third-order valence-corrected chi connectivity index (χ3v) is 4.99. The number of hydrogen-bond acceptors (Lipinski definition) is 6. The Bertz CT molecular complexity index is 1230. The Morgan fingerprint density at radius 3 is 2.65 bits per heavy atom. The maximum absolute atomic E-state index is 13.8. The zero-order chi connectivity index (χ0) is 22.0. The maximum Gasteiger partial charge on any atom is 0.342 e. The summed E-state index contributed by atoms with van der Waals surface area (Å²) in [5.41, 5.74) is 3.81. The highest BCUT2D eigenvalue weighted by atomic mass is 19.1. The second kappa shape index (κ2) is 8.51. The van der Waals surface area contributed by atoms with Crippen molar-refractivity contribution < 1.29 is 18.4 Å². The molecule has 158 valence electrons. The summed E-state index contributed by atoms with van der Waals surface area (Å²) >= 11 is 0. The number of ether oxygens (including phenoxy) is 1. The summed E-state index contributed by atoms with van der Waals surface area (Å²) in [6, 6.07) is 14.5. The molecule has 0 radical (unpaired) electrons. The Kier molecular flexibility index (Phi) is 5.62. The maximum atomic E-state index is 13.8. The van der Waals surface area contributed by atoms with Gasteiger partial charge in [0.2, 0.25) is 5.82 Å². The van der Waals surface area contributed by atoms with Crippen LogP contribution < -0.4 is 0 Å². The predicted octanol–water partition coefficient (Wildman–Crippen LogP) is 4.40. The molecule has 0 aliphatic heterocycles. The number of nitrogens with zero attached hydrogens (tertiary/aromatic N) is 4. The van der Waals surface area contributed by atoms with Crippen molar-refractivity contribution in [2.75, 3.05) is 0 Å². The van der Waals surface area contributed by atoms with Crippen molar-refractivity contribution in [3.8, 4) is 11.4 Å². The van der Waals surface area contributed by atoms with Crippen molar-refractivity contribution in [1.82, 2.24) is 19.9 Å². The molecule has 0 saturated carbocycles. The Labute approximate surface area is 178 Å². The predicted molar refractivity (Wildman–Crippen MR) is 111 cm³/mol. The summed E-state index contributed by atoms with van der Waals surface area (Å²) < 4.78 is 26.0. The molecule has 8 heteroatoms. The Balaban J connectivity index is 1.45. The van der Waals surface area contributed by atoms with E-state index >= 15 is 0 Å². The molecule has 2 heterocycles. The van der Waals surface area contributed by atoms with Crippen LogP contribution in [0.1, 0.15) is 38.8 Å². The van der Waals surface area contributed by atoms with Gasteiger partial charge in [0.15, 0.2) is 6.61 Å². The first-order chi connectivity index (χ1) is 14.9. The first-order valence-electron chi connectivity index (χ1n) is 9.76. The standard InChI is InChI=1S/C23H21FN4O3/c1-14-9-10-18(11-19(14)24)22-25-20(31-27-22)13-30-23(29)21-15(2)26-28(16(21)3)12-17-7-5-4-6-8-17/h4-11H,12-13H2,1-3H3. The van der Waals surface area contributed by atoms with E-state index in [4.69, 9.17) is 9.26 Å². The van der Waals surface area contributed by atoms with Crippen LogP contribution in [0.4, 0.5) is 4.39 Å². The lowest BCUT2D eigenvalue weighted by Gasteiger charge is -2.05. The topological polar surface area (TPSA) is 83.0 Å². The van der Waals surface area contributed by atoms with Crippen molar-refractivity contribution in [3.63, 3.8) is 0 Å². The molecule has 0 bridgehead atoms. The van der Waals surface area contributed by atoms with Crippen molar-refractivity contribution in [2.45, 2.75) is 33.9 Å². The van der Waals surface area contributed by atoms with Crippen molar-refractivity contribution in [3.05, 3.63) is 88.3 Å². The molecule has 0 amide bonds. The third-order valence-electron chi connectivity index (χ3n) is 4.99. The number of hydrogen-bond donors (Lipinski definition) is 0. The minimum atomic E-state index is -0.518. The van der Waals surface area contributed by atoms with Crippen LogP contribution in [-0.2, 0) is 17.9 Å². The van der Waals surface area contributed by atoms with E-state index in [0.717, 1.165) is 5.56 Å². The third kappa shape index (κ3) is 4.37. The molecule has 4 rings (SSSR count). The number of carbonyl (C=O) groups excluding carboxylic acids is 1. The number of aryl methyl sites for hydroxylation is 2. The Hall–Kier alpha value is -3.81. The average Bonchev–Trinajstić information content (AvgIpc) is 3.34. The van der Waals surface area contributed by atoms with Crippen molar-refractivity contribution in [2.24, 2.45) is 0 Å². The van der Waals surface area contributed by atoms with E-state index in [1.54, 1.807) is 30.7 Å². The minimum Gasteiger partial charge on any atom is -0.452 e. The van der Waals surface area contributed by atoms with Crippen LogP contribution in [0.25, 0.3) is 11.4 Å². The van der Waals surface area contributed by atoms with Crippen LogP contribution in [0.5, 0.6) is 0 Å². The van der Waals surface area contributed by atoms with E-state index in [9.17, 15) is 9.18 Å². The lowest BCUT2D eigenvalue weighted by Crippen LogP contribution is -2.09. The fourth-order valence-corrected chi connectivity index (χ4v) is 3.26. The van der Waals surface area contributed by atoms with E-state index < -0.39 is 5.97 Å². The van der Waals surface area contributed by atoms with Gasteiger partial charge < -0.3 is 9.26 Å². The van der Waals surface area contributed by atoms with Gasteiger partial charge in [0.1, 0.15) is 11.4 Å². The molecule has 0 atom stereocenters. The van der Waals surface area contributed by atoms with E-state index in [1.807, 2.05) is 37.3 Å². The van der Waals surface area contributed by atoms with E-state index in [1.165, 1.54) is 6.07 Å². The highest BCUT2D eigenvalue weighted by Crippen LogP contribution is 2.20. The minimum absolute atomic E-state index is 0.122. The molecule has 2 aromatic heterocycles. The summed E-state index contributed by atoms with van der Waals surface area (Å²) in [5, 5.41) is 8.30. The smallest absolute Gasteiger partial charge is 0.342 e. The molecule has 2 aromatic carbocycles. The van der Waals surface area contributed by atoms with E-state index in [2.05, 4.69) is 15.2 Å². The average molecular weight is 420 g/mol. The summed E-state index contributed by atoms with van der Waals surface area (Å²) in [5.74, 6) is -0.520. The molecule has 31 heavy (non-hydrogen) atoms. The van der Waals surface area contributed by atoms with Crippen LogP contribution >= 0.6 is 0 Å². The lowest BCUT2D eigenvalue weighted by atomic mass is 10.1. The van der Waals surface area contributed by atoms with Crippen molar-refractivity contribution >= 4 is 5.97 Å². The molecule has 0 aliphatic carbocycles. The van der Waals surface area contributed by atoms with E-state index in [-0.39, 0.29) is 24.1 Å². The number of aromatic nitrogens is 4. The summed E-state index contributed by atoms with van der Waals surface area (Å²) in [4.78, 5) is 16.8. The Morgan fingerprint density at radius 2 is 1.90 bits per heavy atom. The molecule has 7 nitrogen and oxygen atoms in total. The van der Waals surface area contributed by atoms with Gasteiger partial charge in [0, 0.05) is 5.56 Å². The summed E-state index contributed by atoms with van der Waals surface area (Å²) in [6.07, 6.45) is 0. The number of halogens is 1. The summed E-state index contributed by atoms with van der Waals surface area (Å²) in [6.45, 7) is 5.63. The molecular formula is C23H21FN4O3. The lowest BCUT2D eigenvalue weighted by molar-refractivity contribution is 0.0428. The van der Waals surface area contributed by atoms with Gasteiger partial charge in [-0.05, 0) is 38.0 Å². The number of esters is 1. The largest absolute Gasteiger partial charge is 0.452 e.